The fourth-order valence-electron chi connectivity index (χ4n) is 2.94. The number of hydrogen-bond donors (Lipinski definition) is 1. The molecule has 0 radical (unpaired) electrons. The Morgan fingerprint density at radius 3 is 2.76 bits per heavy atom. The first kappa shape index (κ1) is 15.7. The number of anilines is 1. The van der Waals surface area contributed by atoms with Gasteiger partial charge in [-0.25, -0.2) is 13.6 Å². The molecule has 1 saturated carbocycles. The Morgan fingerprint density at radius 1 is 1.33 bits per heavy atom. The van der Waals surface area contributed by atoms with Crippen LogP contribution in [-0.2, 0) is 4.74 Å². The van der Waals surface area contributed by atoms with Crippen LogP contribution in [0.2, 0.25) is 0 Å². The second-order valence-corrected chi connectivity index (χ2v) is 5.56. The van der Waals surface area contributed by atoms with E-state index in [1.165, 1.54) is 18.6 Å². The summed E-state index contributed by atoms with van der Waals surface area (Å²) >= 11 is 0. The lowest BCUT2D eigenvalue weighted by Gasteiger charge is -2.30. The van der Waals surface area contributed by atoms with Crippen LogP contribution >= 0.6 is 0 Å². The van der Waals surface area contributed by atoms with Gasteiger partial charge in [0.25, 0.3) is 0 Å². The number of benzene rings is 1. The van der Waals surface area contributed by atoms with Crippen molar-refractivity contribution in [2.24, 2.45) is 5.92 Å². The van der Waals surface area contributed by atoms with Crippen LogP contribution in [0, 0.1) is 17.6 Å². The summed E-state index contributed by atoms with van der Waals surface area (Å²) in [5.74, 6) is -2.41. The lowest BCUT2D eigenvalue weighted by Crippen LogP contribution is -2.27. The normalized spacial score (nSPS) is 21.9. The Morgan fingerprint density at radius 2 is 2.10 bits per heavy atom. The largest absolute Gasteiger partial charge is 0.465 e. The predicted molar refractivity (Wildman–Crippen MR) is 77.4 cm³/mol. The molecule has 0 aromatic heterocycles. The van der Waals surface area contributed by atoms with Gasteiger partial charge in [-0.3, -0.25) is 0 Å². The van der Waals surface area contributed by atoms with Crippen LogP contribution in [0.15, 0.2) is 12.1 Å². The van der Waals surface area contributed by atoms with E-state index in [9.17, 15) is 13.6 Å². The molecule has 0 heterocycles. The summed E-state index contributed by atoms with van der Waals surface area (Å²) < 4.78 is 32.4. The van der Waals surface area contributed by atoms with Crippen molar-refractivity contribution in [3.8, 4) is 0 Å². The second kappa shape index (κ2) is 6.87. The van der Waals surface area contributed by atoms with Crippen LogP contribution in [0.4, 0.5) is 14.5 Å². The maximum absolute atomic E-state index is 14.0. The van der Waals surface area contributed by atoms with Crippen LogP contribution in [0.3, 0.4) is 0 Å². The van der Waals surface area contributed by atoms with Crippen molar-refractivity contribution < 1.29 is 18.3 Å². The van der Waals surface area contributed by atoms with E-state index in [4.69, 9.17) is 0 Å². The zero-order valence-corrected chi connectivity index (χ0v) is 12.4. The van der Waals surface area contributed by atoms with Gasteiger partial charge in [-0.05, 0) is 30.9 Å². The molecular formula is C16H21F2NO2. The van der Waals surface area contributed by atoms with Crippen molar-refractivity contribution in [1.29, 1.82) is 0 Å². The van der Waals surface area contributed by atoms with Gasteiger partial charge in [0.05, 0.1) is 18.4 Å². The highest BCUT2D eigenvalue weighted by Crippen LogP contribution is 2.30. The number of carbonyl (C=O) groups is 1. The summed E-state index contributed by atoms with van der Waals surface area (Å²) in [6.07, 6.45) is 5.33. The van der Waals surface area contributed by atoms with Gasteiger partial charge in [-0.15, -0.1) is 0 Å². The summed E-state index contributed by atoms with van der Waals surface area (Å²) in [6, 6.07) is 2.81. The zero-order chi connectivity index (χ0) is 15.4. The molecule has 116 valence electrons. The molecule has 1 aliphatic carbocycles. The van der Waals surface area contributed by atoms with E-state index >= 15 is 0 Å². The first-order chi connectivity index (χ1) is 10.1. The maximum Gasteiger partial charge on any atom is 0.340 e. The van der Waals surface area contributed by atoms with E-state index in [1.54, 1.807) is 0 Å². The number of ether oxygens (including phenoxy) is 1. The molecule has 0 saturated heterocycles. The molecule has 2 rings (SSSR count). The summed E-state index contributed by atoms with van der Waals surface area (Å²) in [6.45, 7) is 2.15. The molecule has 1 aromatic carbocycles. The van der Waals surface area contributed by atoms with E-state index in [0.717, 1.165) is 32.8 Å². The van der Waals surface area contributed by atoms with E-state index in [2.05, 4.69) is 17.0 Å². The van der Waals surface area contributed by atoms with Crippen LogP contribution in [0.1, 0.15) is 49.4 Å². The van der Waals surface area contributed by atoms with E-state index < -0.39 is 17.6 Å². The third-order valence-corrected chi connectivity index (χ3v) is 4.21. The smallest absolute Gasteiger partial charge is 0.340 e. The average molecular weight is 297 g/mol. The average Bonchev–Trinajstić information content (AvgIpc) is 2.51. The Balaban J connectivity index is 2.14. The topological polar surface area (TPSA) is 38.3 Å². The Bertz CT molecular complexity index is 519. The van der Waals surface area contributed by atoms with Crippen LogP contribution < -0.4 is 5.32 Å². The zero-order valence-electron chi connectivity index (χ0n) is 12.4. The van der Waals surface area contributed by atoms with E-state index in [-0.39, 0.29) is 17.3 Å². The SMILES string of the molecule is CCC1CCCC(Nc2ccc(C(=O)OC)c(F)c2F)C1. The number of nitrogens with one attached hydrogen (secondary N) is 1. The van der Waals surface area contributed by atoms with Crippen molar-refractivity contribution in [2.45, 2.75) is 45.1 Å². The standard InChI is InChI=1S/C16H21F2NO2/c1-3-10-5-4-6-11(9-10)19-13-8-7-12(16(20)21-2)14(17)15(13)18/h7-8,10-11,19H,3-6,9H2,1-2H3. The summed E-state index contributed by atoms with van der Waals surface area (Å²) in [5, 5.41) is 3.07. The second-order valence-electron chi connectivity index (χ2n) is 5.56. The monoisotopic (exact) mass is 297 g/mol. The molecule has 1 aliphatic rings. The number of hydrogen-bond acceptors (Lipinski definition) is 3. The highest BCUT2D eigenvalue weighted by Gasteiger charge is 2.24. The van der Waals surface area contributed by atoms with Gasteiger partial charge in [-0.1, -0.05) is 26.2 Å². The molecule has 0 amide bonds. The van der Waals surface area contributed by atoms with Crippen molar-refractivity contribution in [1.82, 2.24) is 0 Å². The molecule has 2 atom stereocenters. The third-order valence-electron chi connectivity index (χ3n) is 4.21. The van der Waals surface area contributed by atoms with Gasteiger partial charge in [0.2, 0.25) is 0 Å². The molecule has 3 nitrogen and oxygen atoms in total. The molecule has 1 N–H and O–H groups in total. The molecule has 1 aromatic rings. The van der Waals surface area contributed by atoms with Crippen molar-refractivity contribution in [3.63, 3.8) is 0 Å². The minimum atomic E-state index is -1.16. The first-order valence-corrected chi connectivity index (χ1v) is 7.39. The van der Waals surface area contributed by atoms with Gasteiger partial charge >= 0.3 is 5.97 Å². The third kappa shape index (κ3) is 3.52. The molecule has 2 unspecified atom stereocenters. The lowest BCUT2D eigenvalue weighted by atomic mass is 9.84. The molecule has 5 heteroatoms. The first-order valence-electron chi connectivity index (χ1n) is 7.39. The molecule has 21 heavy (non-hydrogen) atoms. The fraction of sp³-hybridized carbons (Fsp3) is 0.562. The van der Waals surface area contributed by atoms with Gasteiger partial charge in [0.1, 0.15) is 0 Å². The fourth-order valence-corrected chi connectivity index (χ4v) is 2.94. The summed E-state index contributed by atoms with van der Waals surface area (Å²) in [7, 11) is 1.14. The van der Waals surface area contributed by atoms with E-state index in [0.29, 0.717) is 5.92 Å². The van der Waals surface area contributed by atoms with Gasteiger partial charge in [-0.2, -0.15) is 0 Å². The van der Waals surface area contributed by atoms with Gasteiger partial charge in [0.15, 0.2) is 11.6 Å². The maximum atomic E-state index is 14.0. The minimum Gasteiger partial charge on any atom is -0.465 e. The number of halogens is 2. The molecule has 0 aliphatic heterocycles. The van der Waals surface area contributed by atoms with Crippen LogP contribution in [0.5, 0.6) is 0 Å². The quantitative estimate of drug-likeness (QED) is 0.849. The van der Waals surface area contributed by atoms with Crippen molar-refractivity contribution >= 4 is 11.7 Å². The van der Waals surface area contributed by atoms with Gasteiger partial charge in [0, 0.05) is 6.04 Å². The number of carbonyl (C=O) groups excluding carboxylic acids is 1. The number of methoxy groups -OCH3 is 1. The summed E-state index contributed by atoms with van der Waals surface area (Å²) in [5.41, 5.74) is -0.266. The molecule has 0 spiro atoms. The van der Waals surface area contributed by atoms with Crippen molar-refractivity contribution in [2.75, 3.05) is 12.4 Å². The highest BCUT2D eigenvalue weighted by atomic mass is 19.2. The predicted octanol–water partition coefficient (Wildman–Crippen LogP) is 4.13. The van der Waals surface area contributed by atoms with Crippen molar-refractivity contribution in [3.05, 3.63) is 29.3 Å². The molecule has 1 fully saturated rings. The molecule has 0 bridgehead atoms. The summed E-state index contributed by atoms with van der Waals surface area (Å²) in [4.78, 5) is 11.3. The number of esters is 1. The number of rotatable bonds is 4. The van der Waals surface area contributed by atoms with Gasteiger partial charge < -0.3 is 10.1 Å². The van der Waals surface area contributed by atoms with Crippen LogP contribution in [-0.4, -0.2) is 19.1 Å². The lowest BCUT2D eigenvalue weighted by molar-refractivity contribution is 0.0594. The Kier molecular flexibility index (Phi) is 5.15. The van der Waals surface area contributed by atoms with E-state index in [1.807, 2.05) is 0 Å². The Labute approximate surface area is 123 Å². The highest BCUT2D eigenvalue weighted by molar-refractivity contribution is 5.90. The Hall–Kier alpha value is -1.65. The van der Waals surface area contributed by atoms with Crippen LogP contribution in [0.25, 0.3) is 0 Å². The minimum absolute atomic E-state index is 0.113. The molecular weight excluding hydrogens is 276 g/mol.